The lowest BCUT2D eigenvalue weighted by Crippen LogP contribution is -2.32. The number of methoxy groups -OCH3 is 1. The van der Waals surface area contributed by atoms with Gasteiger partial charge in [0.1, 0.15) is 5.75 Å². The maximum absolute atomic E-state index is 12.1. The molecule has 2 aromatic heterocycles. The third-order valence-corrected chi connectivity index (χ3v) is 4.26. The summed E-state index contributed by atoms with van der Waals surface area (Å²) in [6, 6.07) is 12.2. The minimum atomic E-state index is -0.261. The molecule has 1 N–H and O–H groups in total. The standard InChI is InChI=1S/C19H17BrN4O3/c1-27-16-4-2-13(3-5-16)17-6-7-18(25)24(23-17)9-8-22-19(26)14-10-15(20)12-21-11-14/h2-7,10-12H,8-9H2,1H3,(H,22,26). The number of aromatic nitrogens is 3. The highest BCUT2D eigenvalue weighted by atomic mass is 79.9. The monoisotopic (exact) mass is 428 g/mol. The van der Waals surface area contributed by atoms with Crippen LogP contribution in [-0.4, -0.2) is 34.3 Å². The van der Waals surface area contributed by atoms with Gasteiger partial charge >= 0.3 is 0 Å². The summed E-state index contributed by atoms with van der Waals surface area (Å²) in [5.74, 6) is 0.486. The number of nitrogens with zero attached hydrogens (tertiary/aromatic N) is 3. The Kier molecular flexibility index (Phi) is 5.97. The van der Waals surface area contributed by atoms with E-state index in [0.29, 0.717) is 11.3 Å². The van der Waals surface area contributed by atoms with Crippen LogP contribution in [0.25, 0.3) is 11.3 Å². The predicted octanol–water partition coefficient (Wildman–Crippen LogP) is 2.51. The first kappa shape index (κ1) is 18.8. The molecule has 0 spiro atoms. The van der Waals surface area contributed by atoms with Crippen molar-refractivity contribution in [3.05, 3.63) is 75.2 Å². The smallest absolute Gasteiger partial charge is 0.266 e. The molecule has 0 aliphatic rings. The summed E-state index contributed by atoms with van der Waals surface area (Å²) < 4.78 is 7.20. The van der Waals surface area contributed by atoms with Crippen LogP contribution in [0.4, 0.5) is 0 Å². The van der Waals surface area contributed by atoms with Crippen LogP contribution in [0, 0.1) is 0 Å². The van der Waals surface area contributed by atoms with Crippen molar-refractivity contribution in [1.82, 2.24) is 20.1 Å². The van der Waals surface area contributed by atoms with Crippen molar-refractivity contribution in [3.8, 4) is 17.0 Å². The Morgan fingerprint density at radius 3 is 2.67 bits per heavy atom. The van der Waals surface area contributed by atoms with Crippen LogP contribution in [-0.2, 0) is 6.54 Å². The van der Waals surface area contributed by atoms with E-state index in [1.807, 2.05) is 24.3 Å². The van der Waals surface area contributed by atoms with Gasteiger partial charge in [-0.15, -0.1) is 0 Å². The van der Waals surface area contributed by atoms with Crippen LogP contribution in [0.15, 0.2) is 64.1 Å². The van der Waals surface area contributed by atoms with Gasteiger partial charge in [-0.1, -0.05) is 0 Å². The predicted molar refractivity (Wildman–Crippen MR) is 105 cm³/mol. The van der Waals surface area contributed by atoms with Gasteiger partial charge in [-0.25, -0.2) is 4.68 Å². The molecule has 0 fully saturated rings. The summed E-state index contributed by atoms with van der Waals surface area (Å²) in [4.78, 5) is 28.1. The maximum Gasteiger partial charge on any atom is 0.266 e. The van der Waals surface area contributed by atoms with Crippen LogP contribution in [0.1, 0.15) is 10.4 Å². The van der Waals surface area contributed by atoms with Gasteiger partial charge in [-0.05, 0) is 52.3 Å². The van der Waals surface area contributed by atoms with E-state index in [2.05, 4.69) is 31.3 Å². The van der Waals surface area contributed by atoms with Crippen molar-refractivity contribution in [3.63, 3.8) is 0 Å². The van der Waals surface area contributed by atoms with E-state index >= 15 is 0 Å². The van der Waals surface area contributed by atoms with E-state index in [-0.39, 0.29) is 24.6 Å². The van der Waals surface area contributed by atoms with E-state index in [9.17, 15) is 9.59 Å². The molecule has 2 heterocycles. The molecule has 0 radical (unpaired) electrons. The highest BCUT2D eigenvalue weighted by molar-refractivity contribution is 9.10. The molecule has 1 aromatic carbocycles. The third-order valence-electron chi connectivity index (χ3n) is 3.83. The highest BCUT2D eigenvalue weighted by Gasteiger charge is 2.07. The van der Waals surface area contributed by atoms with Gasteiger partial charge in [0, 0.05) is 35.0 Å². The second-order valence-corrected chi connectivity index (χ2v) is 6.57. The number of amides is 1. The van der Waals surface area contributed by atoms with Crippen LogP contribution in [0.3, 0.4) is 0 Å². The Hall–Kier alpha value is -3.00. The molecular weight excluding hydrogens is 412 g/mol. The molecule has 0 unspecified atom stereocenters. The van der Waals surface area contributed by atoms with E-state index in [4.69, 9.17) is 4.74 Å². The van der Waals surface area contributed by atoms with E-state index in [1.165, 1.54) is 16.9 Å². The minimum absolute atomic E-state index is 0.231. The fourth-order valence-electron chi connectivity index (χ4n) is 2.44. The fraction of sp³-hybridized carbons (Fsp3) is 0.158. The lowest BCUT2D eigenvalue weighted by atomic mass is 10.1. The van der Waals surface area contributed by atoms with Gasteiger partial charge in [0.05, 0.1) is 24.9 Å². The molecule has 0 atom stereocenters. The van der Waals surface area contributed by atoms with E-state index in [1.54, 1.807) is 25.4 Å². The number of rotatable bonds is 6. The van der Waals surface area contributed by atoms with Gasteiger partial charge in [0.15, 0.2) is 0 Å². The van der Waals surface area contributed by atoms with Gasteiger partial charge < -0.3 is 10.1 Å². The molecule has 138 valence electrons. The number of ether oxygens (including phenoxy) is 1. The number of carbonyl (C=O) groups excluding carboxylic acids is 1. The maximum atomic E-state index is 12.1. The van der Waals surface area contributed by atoms with Crippen molar-refractivity contribution in [1.29, 1.82) is 0 Å². The third kappa shape index (κ3) is 4.79. The average molecular weight is 429 g/mol. The first-order valence-corrected chi connectivity index (χ1v) is 8.97. The molecule has 3 rings (SSSR count). The number of hydrogen-bond donors (Lipinski definition) is 1. The normalized spacial score (nSPS) is 10.4. The minimum Gasteiger partial charge on any atom is -0.497 e. The van der Waals surface area contributed by atoms with E-state index < -0.39 is 0 Å². The summed E-state index contributed by atoms with van der Waals surface area (Å²) in [6.07, 6.45) is 3.08. The van der Waals surface area contributed by atoms with E-state index in [0.717, 1.165) is 15.8 Å². The Morgan fingerprint density at radius 1 is 1.19 bits per heavy atom. The van der Waals surface area contributed by atoms with Crippen molar-refractivity contribution in [2.45, 2.75) is 6.54 Å². The summed E-state index contributed by atoms with van der Waals surface area (Å²) in [5, 5.41) is 7.13. The molecule has 1 amide bonds. The van der Waals surface area contributed by atoms with Crippen molar-refractivity contribution in [2.75, 3.05) is 13.7 Å². The first-order valence-electron chi connectivity index (χ1n) is 8.18. The Morgan fingerprint density at radius 2 is 1.96 bits per heavy atom. The molecule has 3 aromatic rings. The second kappa shape index (κ2) is 8.59. The number of carbonyl (C=O) groups is 1. The fourth-order valence-corrected chi connectivity index (χ4v) is 2.80. The Balaban J connectivity index is 1.67. The lowest BCUT2D eigenvalue weighted by Gasteiger charge is -2.09. The topological polar surface area (TPSA) is 86.1 Å². The quantitative estimate of drug-likeness (QED) is 0.651. The Bertz CT molecular complexity index is 1000. The zero-order valence-electron chi connectivity index (χ0n) is 14.6. The zero-order valence-corrected chi connectivity index (χ0v) is 16.1. The zero-order chi connectivity index (χ0) is 19.2. The highest BCUT2D eigenvalue weighted by Crippen LogP contribution is 2.19. The Labute approximate surface area is 164 Å². The van der Waals surface area contributed by atoms with Crippen LogP contribution >= 0.6 is 15.9 Å². The SMILES string of the molecule is COc1ccc(-c2ccc(=O)n(CCNC(=O)c3cncc(Br)c3)n2)cc1. The van der Waals surface area contributed by atoms with Crippen molar-refractivity contribution in [2.24, 2.45) is 0 Å². The molecule has 0 bridgehead atoms. The first-order chi connectivity index (χ1) is 13.1. The van der Waals surface area contributed by atoms with Crippen molar-refractivity contribution >= 4 is 21.8 Å². The molecule has 27 heavy (non-hydrogen) atoms. The number of hydrogen-bond acceptors (Lipinski definition) is 5. The summed E-state index contributed by atoms with van der Waals surface area (Å²) in [7, 11) is 1.60. The molecule has 0 aliphatic heterocycles. The molecular formula is C19H17BrN4O3. The average Bonchev–Trinajstić information content (AvgIpc) is 2.69. The molecule has 0 aliphatic carbocycles. The molecule has 0 saturated carbocycles. The van der Waals surface area contributed by atoms with Crippen LogP contribution < -0.4 is 15.6 Å². The van der Waals surface area contributed by atoms with Gasteiger partial charge in [0.2, 0.25) is 0 Å². The summed E-state index contributed by atoms with van der Waals surface area (Å²) in [5.41, 5.74) is 1.75. The number of nitrogens with one attached hydrogen (secondary N) is 1. The van der Waals surface area contributed by atoms with Gasteiger partial charge in [0.25, 0.3) is 11.5 Å². The molecule has 7 nitrogen and oxygen atoms in total. The molecule has 8 heteroatoms. The molecule has 0 saturated heterocycles. The number of benzene rings is 1. The largest absolute Gasteiger partial charge is 0.497 e. The van der Waals surface area contributed by atoms with Crippen molar-refractivity contribution < 1.29 is 9.53 Å². The number of pyridine rings is 1. The van der Waals surface area contributed by atoms with Gasteiger partial charge in [-0.2, -0.15) is 5.10 Å². The summed E-state index contributed by atoms with van der Waals surface area (Å²) in [6.45, 7) is 0.528. The lowest BCUT2D eigenvalue weighted by molar-refractivity contribution is 0.0951. The summed E-state index contributed by atoms with van der Waals surface area (Å²) >= 11 is 3.28. The van der Waals surface area contributed by atoms with Crippen LogP contribution in [0.2, 0.25) is 0 Å². The van der Waals surface area contributed by atoms with Crippen LogP contribution in [0.5, 0.6) is 5.75 Å². The number of halogens is 1. The van der Waals surface area contributed by atoms with Gasteiger partial charge in [-0.3, -0.25) is 14.6 Å². The second-order valence-electron chi connectivity index (χ2n) is 5.66.